The summed E-state index contributed by atoms with van der Waals surface area (Å²) >= 11 is 0. The van der Waals surface area contributed by atoms with Crippen molar-refractivity contribution in [1.29, 1.82) is 0 Å². The fourth-order valence-corrected chi connectivity index (χ4v) is 2.19. The van der Waals surface area contributed by atoms with E-state index in [2.05, 4.69) is 15.6 Å². The van der Waals surface area contributed by atoms with Gasteiger partial charge in [0.15, 0.2) is 17.5 Å². The summed E-state index contributed by atoms with van der Waals surface area (Å²) in [6, 6.07) is 7.65. The minimum Gasteiger partial charge on any atom is -0.493 e. The zero-order valence-corrected chi connectivity index (χ0v) is 18.0. The molecule has 25 heavy (non-hydrogen) atoms. The molecule has 1 atom stereocenters. The van der Waals surface area contributed by atoms with Gasteiger partial charge in [0.2, 0.25) is 0 Å². The zero-order chi connectivity index (χ0) is 17.6. The molecule has 6 nitrogen and oxygen atoms in total. The van der Waals surface area contributed by atoms with Crippen LogP contribution in [-0.2, 0) is 4.74 Å². The van der Waals surface area contributed by atoms with E-state index in [1.165, 1.54) is 0 Å². The highest BCUT2D eigenvalue weighted by molar-refractivity contribution is 14.0. The first-order valence-electron chi connectivity index (χ1n) is 8.44. The first-order chi connectivity index (χ1) is 11.7. The number of hydrogen-bond donors (Lipinski definition) is 2. The van der Waals surface area contributed by atoms with Crippen LogP contribution in [0.5, 0.6) is 11.5 Å². The monoisotopic (exact) mass is 465 g/mol. The van der Waals surface area contributed by atoms with Crippen LogP contribution in [0.2, 0.25) is 0 Å². The molecule has 1 unspecified atom stereocenters. The van der Waals surface area contributed by atoms with Gasteiger partial charge < -0.3 is 24.8 Å². The summed E-state index contributed by atoms with van der Waals surface area (Å²) in [6.07, 6.45) is 3.32. The standard InChI is InChI=1S/C18H31N3O3.HI/c1-15(24-17-11-7-6-10-16(17)23-4)14-21-18(19-2)20-12-8-5-9-13-22-3;/h6-7,10-11,15H,5,8-9,12-14H2,1-4H3,(H2,19,20,21);1H. The van der Waals surface area contributed by atoms with Crippen molar-refractivity contribution in [3.63, 3.8) is 0 Å². The third-order valence-electron chi connectivity index (χ3n) is 3.50. The van der Waals surface area contributed by atoms with Gasteiger partial charge in [0, 0.05) is 27.3 Å². The van der Waals surface area contributed by atoms with E-state index in [4.69, 9.17) is 14.2 Å². The van der Waals surface area contributed by atoms with Gasteiger partial charge in [0.05, 0.1) is 13.7 Å². The van der Waals surface area contributed by atoms with Gasteiger partial charge in [0.25, 0.3) is 0 Å². The average molecular weight is 465 g/mol. The minimum atomic E-state index is -0.0125. The highest BCUT2D eigenvalue weighted by Gasteiger charge is 2.09. The summed E-state index contributed by atoms with van der Waals surface area (Å²) in [5, 5.41) is 6.58. The highest BCUT2D eigenvalue weighted by atomic mass is 127. The van der Waals surface area contributed by atoms with Crippen molar-refractivity contribution in [3.05, 3.63) is 24.3 Å². The lowest BCUT2D eigenvalue weighted by Crippen LogP contribution is -2.42. The third-order valence-corrected chi connectivity index (χ3v) is 3.50. The maximum absolute atomic E-state index is 5.92. The Kier molecular flexibility index (Phi) is 14.3. The number of nitrogens with one attached hydrogen (secondary N) is 2. The Labute approximate surface area is 168 Å². The predicted octanol–water partition coefficient (Wildman–Crippen LogP) is 3.06. The molecule has 0 bridgehead atoms. The maximum atomic E-state index is 5.92. The molecule has 0 saturated carbocycles. The first-order valence-corrected chi connectivity index (χ1v) is 8.44. The van der Waals surface area contributed by atoms with Crippen LogP contribution >= 0.6 is 24.0 Å². The van der Waals surface area contributed by atoms with Crippen molar-refractivity contribution in [3.8, 4) is 11.5 Å². The van der Waals surface area contributed by atoms with E-state index < -0.39 is 0 Å². The lowest BCUT2D eigenvalue weighted by atomic mass is 10.2. The molecule has 0 heterocycles. The molecule has 7 heteroatoms. The molecule has 0 saturated heterocycles. The minimum absolute atomic E-state index is 0. The Hall–Kier alpha value is -1.22. The number of hydrogen-bond acceptors (Lipinski definition) is 4. The number of unbranched alkanes of at least 4 members (excludes halogenated alkanes) is 2. The molecule has 0 aromatic heterocycles. The van der Waals surface area contributed by atoms with Gasteiger partial charge in [-0.1, -0.05) is 12.1 Å². The van der Waals surface area contributed by atoms with Crippen molar-refractivity contribution in [2.75, 3.05) is 41.0 Å². The van der Waals surface area contributed by atoms with Crippen LogP contribution in [0.1, 0.15) is 26.2 Å². The summed E-state index contributed by atoms with van der Waals surface area (Å²) in [6.45, 7) is 4.38. The lowest BCUT2D eigenvalue weighted by molar-refractivity contribution is 0.192. The topological polar surface area (TPSA) is 64.1 Å². The van der Waals surface area contributed by atoms with Crippen LogP contribution in [0.3, 0.4) is 0 Å². The molecule has 1 aromatic rings. The van der Waals surface area contributed by atoms with E-state index in [1.54, 1.807) is 21.3 Å². The summed E-state index contributed by atoms with van der Waals surface area (Å²) in [5.41, 5.74) is 0. The molecule has 0 radical (unpaired) electrons. The molecule has 0 fully saturated rings. The Balaban J connectivity index is 0.00000576. The third kappa shape index (κ3) is 10.4. The zero-order valence-electron chi connectivity index (χ0n) is 15.7. The lowest BCUT2D eigenvalue weighted by Gasteiger charge is -2.19. The molecule has 1 rings (SSSR count). The molecular weight excluding hydrogens is 433 g/mol. The fraction of sp³-hybridized carbons (Fsp3) is 0.611. The number of methoxy groups -OCH3 is 2. The number of halogens is 1. The molecule has 144 valence electrons. The number of benzene rings is 1. The number of nitrogens with zero attached hydrogens (tertiary/aromatic N) is 1. The van der Waals surface area contributed by atoms with Crippen molar-refractivity contribution in [1.82, 2.24) is 10.6 Å². The molecular formula is C18H32IN3O3. The second-order valence-corrected chi connectivity index (χ2v) is 5.51. The highest BCUT2D eigenvalue weighted by Crippen LogP contribution is 2.26. The molecule has 2 N–H and O–H groups in total. The van der Waals surface area contributed by atoms with Crippen molar-refractivity contribution < 1.29 is 14.2 Å². The van der Waals surface area contributed by atoms with E-state index in [0.717, 1.165) is 49.9 Å². The Morgan fingerprint density at radius 3 is 2.44 bits per heavy atom. The van der Waals surface area contributed by atoms with Gasteiger partial charge in [-0.25, -0.2) is 0 Å². The summed E-state index contributed by atoms with van der Waals surface area (Å²) in [4.78, 5) is 4.22. The molecule has 0 spiro atoms. The molecule has 0 amide bonds. The van der Waals surface area contributed by atoms with E-state index in [0.29, 0.717) is 6.54 Å². The largest absolute Gasteiger partial charge is 0.493 e. The quantitative estimate of drug-likeness (QED) is 0.228. The second kappa shape index (κ2) is 15.1. The van der Waals surface area contributed by atoms with Crippen LogP contribution in [-0.4, -0.2) is 53.0 Å². The summed E-state index contributed by atoms with van der Waals surface area (Å²) in [5.74, 6) is 2.27. The normalized spacial score (nSPS) is 12.1. The van der Waals surface area contributed by atoms with Crippen molar-refractivity contribution >= 4 is 29.9 Å². The summed E-state index contributed by atoms with van der Waals surface area (Å²) < 4.78 is 16.3. The predicted molar refractivity (Wildman–Crippen MR) is 114 cm³/mol. The van der Waals surface area contributed by atoms with Crippen LogP contribution in [0, 0.1) is 0 Å². The average Bonchev–Trinajstić information content (AvgIpc) is 2.61. The SMILES string of the molecule is CN=C(NCCCCCOC)NCC(C)Oc1ccccc1OC.I. The second-order valence-electron chi connectivity index (χ2n) is 5.51. The van der Waals surface area contributed by atoms with E-state index >= 15 is 0 Å². The number of para-hydroxylation sites is 2. The Morgan fingerprint density at radius 1 is 1.08 bits per heavy atom. The van der Waals surface area contributed by atoms with Crippen LogP contribution in [0.4, 0.5) is 0 Å². The van der Waals surface area contributed by atoms with E-state index in [-0.39, 0.29) is 30.1 Å². The van der Waals surface area contributed by atoms with Gasteiger partial charge in [-0.15, -0.1) is 24.0 Å². The van der Waals surface area contributed by atoms with Gasteiger partial charge >= 0.3 is 0 Å². The maximum Gasteiger partial charge on any atom is 0.191 e. The van der Waals surface area contributed by atoms with E-state index in [1.807, 2.05) is 31.2 Å². The first kappa shape index (κ1) is 23.8. The molecule has 0 aliphatic carbocycles. The van der Waals surface area contributed by atoms with Crippen LogP contribution in [0.15, 0.2) is 29.3 Å². The van der Waals surface area contributed by atoms with Crippen molar-refractivity contribution in [2.45, 2.75) is 32.3 Å². The van der Waals surface area contributed by atoms with Crippen molar-refractivity contribution in [2.24, 2.45) is 4.99 Å². The number of ether oxygens (including phenoxy) is 3. The smallest absolute Gasteiger partial charge is 0.191 e. The molecule has 1 aromatic carbocycles. The molecule has 0 aliphatic rings. The van der Waals surface area contributed by atoms with Gasteiger partial charge in [-0.3, -0.25) is 4.99 Å². The van der Waals surface area contributed by atoms with Crippen LogP contribution < -0.4 is 20.1 Å². The Bertz CT molecular complexity index is 486. The van der Waals surface area contributed by atoms with Crippen LogP contribution in [0.25, 0.3) is 0 Å². The summed E-state index contributed by atoms with van der Waals surface area (Å²) in [7, 11) is 5.15. The Morgan fingerprint density at radius 2 is 1.80 bits per heavy atom. The van der Waals surface area contributed by atoms with Gasteiger partial charge in [0.1, 0.15) is 6.10 Å². The number of aliphatic imine (C=N–C) groups is 1. The van der Waals surface area contributed by atoms with Gasteiger partial charge in [-0.2, -0.15) is 0 Å². The number of rotatable bonds is 11. The fourth-order valence-electron chi connectivity index (χ4n) is 2.19. The molecule has 0 aliphatic heterocycles. The number of guanidine groups is 1. The van der Waals surface area contributed by atoms with Gasteiger partial charge in [-0.05, 0) is 38.3 Å². The van der Waals surface area contributed by atoms with E-state index in [9.17, 15) is 0 Å².